The van der Waals surface area contributed by atoms with Gasteiger partial charge in [-0.2, -0.15) is 5.10 Å². The zero-order valence-corrected chi connectivity index (χ0v) is 18.6. The van der Waals surface area contributed by atoms with E-state index in [-0.39, 0.29) is 11.5 Å². The number of rotatable bonds is 5. The number of hydrogen-bond acceptors (Lipinski definition) is 5. The number of aromatic amines is 1. The number of nitrogens with one attached hydrogen (secondary N) is 2. The monoisotopic (exact) mass is 433 g/mol. The van der Waals surface area contributed by atoms with Gasteiger partial charge in [-0.05, 0) is 51.0 Å². The average molecular weight is 434 g/mol. The lowest BCUT2D eigenvalue weighted by atomic mass is 10.1. The fourth-order valence-electron chi connectivity index (χ4n) is 3.54. The Kier molecular flexibility index (Phi) is 5.65. The minimum absolute atomic E-state index is 0.153. The predicted octanol–water partition coefficient (Wildman–Crippen LogP) is 4.15. The van der Waals surface area contributed by atoms with Gasteiger partial charge in [0.1, 0.15) is 5.39 Å². The third kappa shape index (κ3) is 4.25. The van der Waals surface area contributed by atoms with E-state index in [4.69, 9.17) is 0 Å². The van der Waals surface area contributed by atoms with Crippen molar-refractivity contribution in [2.45, 2.75) is 38.1 Å². The number of aromatic nitrogens is 4. The molecular formula is C23H23N5O2S. The van der Waals surface area contributed by atoms with Crippen LogP contribution in [0.15, 0.2) is 58.6 Å². The van der Waals surface area contributed by atoms with Crippen LogP contribution in [-0.4, -0.2) is 30.9 Å². The van der Waals surface area contributed by atoms with E-state index in [2.05, 4.69) is 20.4 Å². The predicted molar refractivity (Wildman–Crippen MR) is 124 cm³/mol. The first-order chi connectivity index (χ1) is 14.8. The molecule has 1 unspecified atom stereocenters. The van der Waals surface area contributed by atoms with Crippen LogP contribution in [0, 0.1) is 20.8 Å². The molecule has 0 bridgehead atoms. The van der Waals surface area contributed by atoms with Crippen LogP contribution in [0.4, 0.5) is 5.69 Å². The molecule has 0 spiro atoms. The molecule has 0 saturated heterocycles. The molecule has 2 heterocycles. The van der Waals surface area contributed by atoms with Crippen molar-refractivity contribution in [3.8, 4) is 5.69 Å². The van der Waals surface area contributed by atoms with Crippen molar-refractivity contribution in [1.29, 1.82) is 0 Å². The number of benzene rings is 2. The topological polar surface area (TPSA) is 92.7 Å². The zero-order valence-electron chi connectivity index (χ0n) is 17.8. The second-order valence-electron chi connectivity index (χ2n) is 7.52. The third-order valence-corrected chi connectivity index (χ3v) is 5.98. The first-order valence-electron chi connectivity index (χ1n) is 9.92. The molecular weight excluding hydrogens is 410 g/mol. The normalized spacial score (nSPS) is 12.1. The number of para-hydroxylation sites is 1. The summed E-state index contributed by atoms with van der Waals surface area (Å²) < 4.78 is 1.62. The lowest BCUT2D eigenvalue weighted by Crippen LogP contribution is -2.24. The van der Waals surface area contributed by atoms with E-state index in [9.17, 15) is 9.59 Å². The van der Waals surface area contributed by atoms with Crippen LogP contribution in [0.25, 0.3) is 16.7 Å². The minimum atomic E-state index is -0.464. The second-order valence-corrected chi connectivity index (χ2v) is 8.85. The van der Waals surface area contributed by atoms with Gasteiger partial charge in [0.05, 0.1) is 17.1 Å². The van der Waals surface area contributed by atoms with Gasteiger partial charge in [0.25, 0.3) is 5.56 Å². The molecule has 0 radical (unpaired) electrons. The zero-order chi connectivity index (χ0) is 22.1. The first kappa shape index (κ1) is 20.9. The van der Waals surface area contributed by atoms with Crippen molar-refractivity contribution in [2.75, 3.05) is 5.32 Å². The molecule has 4 rings (SSSR count). The van der Waals surface area contributed by atoms with Gasteiger partial charge >= 0.3 is 0 Å². The summed E-state index contributed by atoms with van der Waals surface area (Å²) in [5.74, 6) is -0.153. The molecule has 0 aliphatic heterocycles. The number of thioether (sulfide) groups is 1. The summed E-state index contributed by atoms with van der Waals surface area (Å²) in [5, 5.41) is 7.63. The van der Waals surface area contributed by atoms with Gasteiger partial charge in [-0.1, -0.05) is 47.7 Å². The molecule has 2 aromatic carbocycles. The number of anilines is 1. The van der Waals surface area contributed by atoms with Crippen molar-refractivity contribution in [3.63, 3.8) is 0 Å². The highest BCUT2D eigenvalue weighted by Crippen LogP contribution is 2.25. The van der Waals surface area contributed by atoms with Gasteiger partial charge in [-0.15, -0.1) is 0 Å². The quantitative estimate of drug-likeness (QED) is 0.364. The molecule has 7 nitrogen and oxygen atoms in total. The second kappa shape index (κ2) is 8.39. The summed E-state index contributed by atoms with van der Waals surface area (Å²) >= 11 is 1.20. The van der Waals surface area contributed by atoms with E-state index in [1.807, 2.05) is 63.2 Å². The maximum absolute atomic E-state index is 12.8. The number of hydrogen-bond donors (Lipinski definition) is 2. The van der Waals surface area contributed by atoms with Gasteiger partial charge < -0.3 is 10.3 Å². The summed E-state index contributed by atoms with van der Waals surface area (Å²) in [6.07, 6.45) is 1.50. The number of nitrogens with zero attached hydrogens (tertiary/aromatic N) is 3. The van der Waals surface area contributed by atoms with Gasteiger partial charge in [0.15, 0.2) is 10.8 Å². The highest BCUT2D eigenvalue weighted by Gasteiger charge is 2.19. The largest absolute Gasteiger partial charge is 0.325 e. The Bertz CT molecular complexity index is 1300. The lowest BCUT2D eigenvalue weighted by molar-refractivity contribution is -0.115. The van der Waals surface area contributed by atoms with Crippen molar-refractivity contribution in [1.82, 2.24) is 19.7 Å². The fourth-order valence-corrected chi connectivity index (χ4v) is 4.33. The number of H-pyrrole nitrogens is 1. The first-order valence-corrected chi connectivity index (χ1v) is 10.8. The van der Waals surface area contributed by atoms with E-state index >= 15 is 0 Å². The van der Waals surface area contributed by atoms with Gasteiger partial charge in [-0.25, -0.2) is 9.67 Å². The molecule has 0 aliphatic rings. The van der Waals surface area contributed by atoms with E-state index in [0.717, 1.165) is 28.1 Å². The van der Waals surface area contributed by atoms with Gasteiger partial charge in [0, 0.05) is 5.69 Å². The number of aryl methyl sites for hydroxylation is 3. The number of carbonyl (C=O) groups is 1. The fraction of sp³-hybridized carbons (Fsp3) is 0.217. The molecule has 2 aromatic heterocycles. The van der Waals surface area contributed by atoms with E-state index in [0.29, 0.717) is 16.2 Å². The van der Waals surface area contributed by atoms with Crippen LogP contribution in [0.3, 0.4) is 0 Å². The maximum Gasteiger partial charge on any atom is 0.262 e. The molecule has 0 fully saturated rings. The summed E-state index contributed by atoms with van der Waals surface area (Å²) in [6, 6.07) is 13.6. The molecule has 0 aliphatic carbocycles. The Morgan fingerprint density at radius 3 is 2.48 bits per heavy atom. The number of carbonyl (C=O) groups excluding carboxylic acids is 1. The van der Waals surface area contributed by atoms with Gasteiger partial charge in [-0.3, -0.25) is 9.59 Å². The molecule has 1 atom stereocenters. The van der Waals surface area contributed by atoms with Crippen LogP contribution in [-0.2, 0) is 4.79 Å². The Hall–Kier alpha value is -3.39. The standard InChI is InChI=1S/C23H23N5O2S/c1-13-10-14(2)19(15(3)11-13)25-21(29)16(4)31-23-26-20-18(22(30)27-23)12-24-28(20)17-8-6-5-7-9-17/h5-12,16H,1-4H3,(H,25,29)(H,26,27,30). The molecule has 2 N–H and O–H groups in total. The third-order valence-electron chi connectivity index (χ3n) is 5.00. The Morgan fingerprint density at radius 1 is 1.13 bits per heavy atom. The Morgan fingerprint density at radius 2 is 1.81 bits per heavy atom. The molecule has 8 heteroatoms. The van der Waals surface area contributed by atoms with Crippen LogP contribution >= 0.6 is 11.8 Å². The van der Waals surface area contributed by atoms with Crippen molar-refractivity contribution in [3.05, 3.63) is 75.7 Å². The lowest BCUT2D eigenvalue weighted by Gasteiger charge is -2.16. The van der Waals surface area contributed by atoms with Crippen molar-refractivity contribution in [2.24, 2.45) is 0 Å². The molecule has 158 valence electrons. The van der Waals surface area contributed by atoms with Gasteiger partial charge in [0.2, 0.25) is 5.91 Å². The molecule has 1 amide bonds. The smallest absolute Gasteiger partial charge is 0.262 e. The van der Waals surface area contributed by atoms with Crippen LogP contribution in [0.1, 0.15) is 23.6 Å². The molecule has 4 aromatic rings. The Balaban J connectivity index is 1.60. The average Bonchev–Trinajstić information content (AvgIpc) is 3.15. The number of amides is 1. The SMILES string of the molecule is Cc1cc(C)c(NC(=O)C(C)Sc2nc3c(cnn3-c3ccccc3)c(=O)[nH]2)c(C)c1. The van der Waals surface area contributed by atoms with E-state index in [1.165, 1.54) is 18.0 Å². The van der Waals surface area contributed by atoms with Crippen LogP contribution in [0.5, 0.6) is 0 Å². The van der Waals surface area contributed by atoms with E-state index < -0.39 is 5.25 Å². The van der Waals surface area contributed by atoms with E-state index in [1.54, 1.807) is 11.6 Å². The van der Waals surface area contributed by atoms with Crippen LogP contribution in [0.2, 0.25) is 0 Å². The van der Waals surface area contributed by atoms with Crippen LogP contribution < -0.4 is 10.9 Å². The highest BCUT2D eigenvalue weighted by molar-refractivity contribution is 8.00. The summed E-state index contributed by atoms with van der Waals surface area (Å²) in [5.41, 5.74) is 4.98. The Labute approximate surface area is 183 Å². The molecule has 0 saturated carbocycles. The number of fused-ring (bicyclic) bond motifs is 1. The minimum Gasteiger partial charge on any atom is -0.325 e. The summed E-state index contributed by atoms with van der Waals surface area (Å²) in [7, 11) is 0. The van der Waals surface area contributed by atoms with Crippen molar-refractivity contribution >= 4 is 34.4 Å². The van der Waals surface area contributed by atoms with Crippen molar-refractivity contribution < 1.29 is 4.79 Å². The summed E-state index contributed by atoms with van der Waals surface area (Å²) in [4.78, 5) is 32.7. The maximum atomic E-state index is 12.8. The summed E-state index contributed by atoms with van der Waals surface area (Å²) in [6.45, 7) is 7.77. The molecule has 31 heavy (non-hydrogen) atoms. The highest BCUT2D eigenvalue weighted by atomic mass is 32.2.